The van der Waals surface area contributed by atoms with Gasteiger partial charge in [0.15, 0.2) is 0 Å². The minimum Gasteiger partial charge on any atom is -0.332 e. The second-order valence-corrected chi connectivity index (χ2v) is 9.63. The molecule has 2 N–H and O–H groups in total. The van der Waals surface area contributed by atoms with Crippen LogP contribution in [-0.4, -0.2) is 44.0 Å². The van der Waals surface area contributed by atoms with E-state index in [4.69, 9.17) is 0 Å². The highest BCUT2D eigenvalue weighted by atomic mass is 16.2. The van der Waals surface area contributed by atoms with Gasteiger partial charge in [-0.3, -0.25) is 14.9 Å². The lowest BCUT2D eigenvalue weighted by Gasteiger charge is -2.07. The molecule has 2 aliphatic rings. The van der Waals surface area contributed by atoms with E-state index in [9.17, 15) is 9.59 Å². The third-order valence-corrected chi connectivity index (χ3v) is 7.24. The number of nitrogens with zero attached hydrogens (tertiary/aromatic N) is 4. The maximum absolute atomic E-state index is 13.2. The van der Waals surface area contributed by atoms with Gasteiger partial charge in [-0.05, 0) is 63.0 Å². The highest BCUT2D eigenvalue weighted by molar-refractivity contribution is 6.50. The lowest BCUT2D eigenvalue weighted by atomic mass is 9.96. The lowest BCUT2D eigenvalue weighted by molar-refractivity contribution is -0.122. The maximum Gasteiger partial charge on any atom is 0.259 e. The first kappa shape index (κ1) is 22.7. The second-order valence-electron chi connectivity index (χ2n) is 9.63. The molecular formula is C28H34N6O2. The van der Waals surface area contributed by atoms with E-state index in [1.807, 2.05) is 36.7 Å². The van der Waals surface area contributed by atoms with Gasteiger partial charge in [-0.1, -0.05) is 12.8 Å². The van der Waals surface area contributed by atoms with Crippen LogP contribution >= 0.6 is 0 Å². The summed E-state index contributed by atoms with van der Waals surface area (Å²) in [6.45, 7) is 3.69. The van der Waals surface area contributed by atoms with Crippen LogP contribution in [0.4, 0.5) is 0 Å². The van der Waals surface area contributed by atoms with Crippen molar-refractivity contribution in [2.45, 2.75) is 51.6 Å². The van der Waals surface area contributed by atoms with E-state index in [1.165, 1.54) is 0 Å². The Balaban J connectivity index is 0.00000168. The topological polar surface area (TPSA) is 93.8 Å². The Hall–Kier alpha value is -3.78. The second kappa shape index (κ2) is 9.70. The normalized spacial score (nSPS) is 18.1. The van der Waals surface area contributed by atoms with Gasteiger partial charge in [0, 0.05) is 62.6 Å². The number of imide groups is 1. The van der Waals surface area contributed by atoms with Crippen LogP contribution in [0.5, 0.6) is 0 Å². The molecule has 8 heteroatoms. The number of aromatic nitrogens is 4. The SMILES string of the molecule is O=C1NC(=O)C2=C1c1cn(c3ncccc13)CCCCCNCCCCCn1cc2c2cccnc21.[HH].[HH]. The fourth-order valence-corrected chi connectivity index (χ4v) is 5.50. The number of pyridine rings is 2. The van der Waals surface area contributed by atoms with Gasteiger partial charge in [-0.2, -0.15) is 0 Å². The van der Waals surface area contributed by atoms with Crippen LogP contribution in [0.15, 0.2) is 49.1 Å². The number of fused-ring (bicyclic) bond motifs is 12. The first-order valence-electron chi connectivity index (χ1n) is 12.9. The number of amides is 2. The Morgan fingerprint density at radius 1 is 0.694 bits per heavy atom. The number of nitrogens with one attached hydrogen (secondary N) is 2. The minimum atomic E-state index is -0.361. The van der Waals surface area contributed by atoms with Crippen molar-refractivity contribution in [1.82, 2.24) is 29.7 Å². The summed E-state index contributed by atoms with van der Waals surface area (Å²) >= 11 is 0. The summed E-state index contributed by atoms with van der Waals surface area (Å²) in [6, 6.07) is 7.72. The fraction of sp³-hybridized carbons (Fsp3) is 0.357. The minimum absolute atomic E-state index is 0. The molecule has 0 radical (unpaired) electrons. The van der Waals surface area contributed by atoms with Gasteiger partial charge >= 0.3 is 0 Å². The Morgan fingerprint density at radius 2 is 1.19 bits per heavy atom. The third-order valence-electron chi connectivity index (χ3n) is 7.24. The number of hydrogen-bond donors (Lipinski definition) is 2. The van der Waals surface area contributed by atoms with E-state index in [1.54, 1.807) is 12.4 Å². The first-order valence-corrected chi connectivity index (χ1v) is 12.9. The van der Waals surface area contributed by atoms with Gasteiger partial charge in [0.25, 0.3) is 11.8 Å². The standard InChI is InChI=1S/C28H30N6O2.2H2/c35-27-23-21-17-33(25-19(21)9-7-13-30-25)15-5-1-3-11-29-12-4-2-6-16-34-18-22(24(23)28(36)32-27)20-10-8-14-31-26(20)34;;/h7-10,13-14,17-18,29H,1-6,11-12,15-16H2,(H,32,35,36);2*1H. The number of rotatable bonds is 0. The molecule has 0 aliphatic carbocycles. The predicted octanol–water partition coefficient (Wildman–Crippen LogP) is 4.39. The quantitative estimate of drug-likeness (QED) is 0.360. The zero-order valence-corrected chi connectivity index (χ0v) is 20.3. The van der Waals surface area contributed by atoms with Gasteiger partial charge in [0.05, 0.1) is 11.1 Å². The van der Waals surface area contributed by atoms with Gasteiger partial charge in [-0.25, -0.2) is 9.97 Å². The summed E-state index contributed by atoms with van der Waals surface area (Å²) in [7, 11) is 0. The highest BCUT2D eigenvalue weighted by Crippen LogP contribution is 2.38. The van der Waals surface area contributed by atoms with Crippen molar-refractivity contribution >= 4 is 45.0 Å². The largest absolute Gasteiger partial charge is 0.332 e. The molecule has 4 aromatic heterocycles. The van der Waals surface area contributed by atoms with Gasteiger partial charge in [0.1, 0.15) is 11.3 Å². The van der Waals surface area contributed by atoms with Crippen LogP contribution in [0.1, 0.15) is 52.5 Å². The zero-order chi connectivity index (χ0) is 24.5. The van der Waals surface area contributed by atoms with Crippen LogP contribution in [0, 0.1) is 0 Å². The molecule has 188 valence electrons. The highest BCUT2D eigenvalue weighted by Gasteiger charge is 2.35. The smallest absolute Gasteiger partial charge is 0.259 e. The molecule has 36 heavy (non-hydrogen) atoms. The zero-order valence-electron chi connectivity index (χ0n) is 20.3. The van der Waals surface area contributed by atoms with Gasteiger partial charge in [0.2, 0.25) is 0 Å². The lowest BCUT2D eigenvalue weighted by Crippen LogP contribution is -2.22. The van der Waals surface area contributed by atoms with Gasteiger partial charge in [-0.15, -0.1) is 0 Å². The van der Waals surface area contributed by atoms with Crippen molar-refractivity contribution in [3.8, 4) is 0 Å². The molecule has 0 aromatic carbocycles. The molecular weight excluding hydrogens is 452 g/mol. The summed E-state index contributed by atoms with van der Waals surface area (Å²) in [5, 5.41) is 7.90. The summed E-state index contributed by atoms with van der Waals surface area (Å²) in [5.74, 6) is -0.723. The van der Waals surface area contributed by atoms with Crippen LogP contribution < -0.4 is 10.6 Å². The molecule has 0 unspecified atom stereocenters. The average molecular weight is 487 g/mol. The van der Waals surface area contributed by atoms with E-state index in [-0.39, 0.29) is 14.7 Å². The molecule has 0 atom stereocenters. The summed E-state index contributed by atoms with van der Waals surface area (Å²) in [6.07, 6.45) is 14.1. The van der Waals surface area contributed by atoms with E-state index in [0.29, 0.717) is 11.1 Å². The van der Waals surface area contributed by atoms with Crippen molar-refractivity contribution in [3.05, 3.63) is 60.2 Å². The first-order chi connectivity index (χ1) is 17.7. The molecule has 0 saturated heterocycles. The van der Waals surface area contributed by atoms with Crippen LogP contribution in [0.2, 0.25) is 0 Å². The average Bonchev–Trinajstić information content (AvgIpc) is 3.52. The molecule has 4 aromatic rings. The summed E-state index contributed by atoms with van der Waals surface area (Å²) in [5.41, 5.74) is 4.01. The molecule has 0 fully saturated rings. The van der Waals surface area contributed by atoms with Crippen molar-refractivity contribution in [2.24, 2.45) is 0 Å². The van der Waals surface area contributed by atoms with E-state index >= 15 is 0 Å². The molecule has 8 nitrogen and oxygen atoms in total. The predicted molar refractivity (Wildman–Crippen MR) is 144 cm³/mol. The van der Waals surface area contributed by atoms with Gasteiger partial charge < -0.3 is 14.5 Å². The summed E-state index contributed by atoms with van der Waals surface area (Å²) < 4.78 is 4.25. The van der Waals surface area contributed by atoms with Crippen molar-refractivity contribution in [3.63, 3.8) is 0 Å². The van der Waals surface area contributed by atoms with Crippen LogP contribution in [0.25, 0.3) is 33.2 Å². The monoisotopic (exact) mass is 486 g/mol. The van der Waals surface area contributed by atoms with E-state index < -0.39 is 0 Å². The molecule has 6 heterocycles. The Morgan fingerprint density at radius 3 is 1.69 bits per heavy atom. The Bertz CT molecular complexity index is 1400. The van der Waals surface area contributed by atoms with Crippen molar-refractivity contribution in [1.29, 1.82) is 0 Å². The summed E-state index contributed by atoms with van der Waals surface area (Å²) in [4.78, 5) is 35.7. The number of aryl methyl sites for hydroxylation is 2. The number of hydrogen-bond acceptors (Lipinski definition) is 5. The van der Waals surface area contributed by atoms with Crippen LogP contribution in [0.3, 0.4) is 0 Å². The molecule has 6 rings (SSSR count). The molecule has 2 amide bonds. The third kappa shape index (κ3) is 4.01. The van der Waals surface area contributed by atoms with Crippen LogP contribution in [-0.2, 0) is 22.7 Å². The molecule has 0 saturated carbocycles. The molecule has 0 spiro atoms. The maximum atomic E-state index is 13.2. The van der Waals surface area contributed by atoms with E-state index in [2.05, 4.69) is 29.7 Å². The molecule has 4 bridgehead atoms. The molecule has 2 aliphatic heterocycles. The Labute approximate surface area is 212 Å². The number of carbonyl (C=O) groups excluding carboxylic acids is 2. The fourth-order valence-electron chi connectivity index (χ4n) is 5.50. The Kier molecular flexibility index (Phi) is 6.11. The van der Waals surface area contributed by atoms with Crippen molar-refractivity contribution in [2.75, 3.05) is 13.1 Å². The van der Waals surface area contributed by atoms with E-state index in [0.717, 1.165) is 97.9 Å². The number of carbonyl (C=O) groups is 2. The van der Waals surface area contributed by atoms with Crippen molar-refractivity contribution < 1.29 is 12.4 Å².